The topological polar surface area (TPSA) is 97.7 Å². The number of rotatable bonds is 2. The molecule has 0 fully saturated rings. The number of carboxylic acid groups (broad SMARTS) is 2. The molecule has 0 heterocycles. The van der Waals surface area contributed by atoms with Crippen LogP contribution in [0.1, 0.15) is 20.7 Å². The summed E-state index contributed by atoms with van der Waals surface area (Å²) >= 11 is 0. The van der Waals surface area contributed by atoms with E-state index >= 15 is 0 Å². The maximum atomic E-state index is 10.7. The Morgan fingerprint density at radius 2 is 1.57 bits per heavy atom. The number of carbonyl (C=O) groups is 2. The van der Waals surface area contributed by atoms with Crippen LogP contribution in [0.3, 0.4) is 0 Å². The highest BCUT2D eigenvalue weighted by atomic mass is 31.0. The van der Waals surface area contributed by atoms with E-state index in [4.69, 9.17) is 10.2 Å². The summed E-state index contributed by atoms with van der Waals surface area (Å²) in [6, 6.07) is 2.77. The van der Waals surface area contributed by atoms with Crippen molar-refractivity contribution in [3.8, 4) is 5.75 Å². The molecule has 1 rings (SSSR count). The van der Waals surface area contributed by atoms with Gasteiger partial charge in [-0.15, -0.1) is 5.75 Å². The Hall–Kier alpha value is -1.61. The largest absolute Gasteiger partial charge is 0.872 e. The molecule has 0 aromatic heterocycles. The second-order valence-corrected chi connectivity index (χ2v) is 2.32. The zero-order valence-corrected chi connectivity index (χ0v) is 9.35. The Morgan fingerprint density at radius 1 is 1.07 bits per heavy atom. The van der Waals surface area contributed by atoms with Crippen molar-refractivity contribution in [2.45, 2.75) is 0 Å². The first-order valence-electron chi connectivity index (χ1n) is 3.30. The predicted molar refractivity (Wildman–Crippen MR) is 52.3 cm³/mol. The fourth-order valence-electron chi connectivity index (χ4n) is 0.887. The minimum absolute atomic E-state index is 0. The van der Waals surface area contributed by atoms with Gasteiger partial charge in [-0.3, -0.25) is 0 Å². The summed E-state index contributed by atoms with van der Waals surface area (Å²) in [5.41, 5.74) is -0.868. The highest BCUT2D eigenvalue weighted by molar-refractivity contribution is 6.92. The molecular weight excluding hydrogens is 207 g/mol. The number of aromatic carboxylic acids is 2. The molecule has 0 spiro atoms. The Labute approximate surface area is 82.6 Å². The van der Waals surface area contributed by atoms with Crippen molar-refractivity contribution < 1.29 is 24.9 Å². The fourth-order valence-corrected chi connectivity index (χ4v) is 0.887. The molecule has 1 aromatic carbocycles. The van der Waals surface area contributed by atoms with Crippen LogP contribution < -0.4 is 5.11 Å². The van der Waals surface area contributed by atoms with Gasteiger partial charge in [0, 0.05) is 0 Å². The van der Waals surface area contributed by atoms with Crippen molar-refractivity contribution in [1.82, 2.24) is 0 Å². The Balaban J connectivity index is 0.00000169. The van der Waals surface area contributed by atoms with Crippen LogP contribution in [0.5, 0.6) is 5.75 Å². The van der Waals surface area contributed by atoms with Crippen LogP contribution in [0, 0.1) is 0 Å². The van der Waals surface area contributed by atoms with Gasteiger partial charge in [-0.1, -0.05) is 12.1 Å². The monoisotopic (exact) mass is 216 g/mol. The van der Waals surface area contributed by atoms with Gasteiger partial charge in [0.2, 0.25) is 0 Å². The third-order valence-corrected chi connectivity index (χ3v) is 1.45. The molecular formula is C8H9O5P. The van der Waals surface area contributed by atoms with E-state index < -0.39 is 23.3 Å². The van der Waals surface area contributed by atoms with E-state index in [1.807, 2.05) is 0 Å². The second kappa shape index (κ2) is 4.58. The van der Waals surface area contributed by atoms with Crippen molar-refractivity contribution in [3.05, 3.63) is 29.3 Å². The first kappa shape index (κ1) is 12.4. The number of hydrogen-bond donors (Lipinski definition) is 2. The second-order valence-electron chi connectivity index (χ2n) is 2.32. The van der Waals surface area contributed by atoms with E-state index in [1.54, 1.807) is 0 Å². The van der Waals surface area contributed by atoms with Crippen LogP contribution in [-0.4, -0.2) is 22.2 Å². The molecule has 1 unspecified atom stereocenters. The standard InChI is InChI=1S/C8H6O5.H3P/c9-4-1-2-5(7(10)11)6(3-4)8(12)13;/h1-3,9H,(H,10,11)(H,12,13);1H3. The van der Waals surface area contributed by atoms with E-state index in [-0.39, 0.29) is 15.5 Å². The highest BCUT2D eigenvalue weighted by Crippen LogP contribution is 2.14. The highest BCUT2D eigenvalue weighted by Gasteiger charge is 2.14. The molecule has 0 aliphatic carbocycles. The first-order chi connectivity index (χ1) is 6.02. The summed E-state index contributed by atoms with van der Waals surface area (Å²) < 4.78 is 0. The number of benzene rings is 1. The molecule has 0 aliphatic heterocycles. The molecule has 2 N–H and O–H groups in total. The van der Waals surface area contributed by atoms with Gasteiger partial charge < -0.3 is 15.3 Å². The number of hydrogen-bond acceptors (Lipinski definition) is 3. The summed E-state index contributed by atoms with van der Waals surface area (Å²) in [4.78, 5) is 20.9. The van der Waals surface area contributed by atoms with Gasteiger partial charge in [-0.2, -0.15) is 0 Å². The molecule has 14 heavy (non-hydrogen) atoms. The van der Waals surface area contributed by atoms with Gasteiger partial charge in [-0.05, 0) is 16.0 Å². The molecule has 1 atom stereocenters. The molecule has 76 valence electrons. The Morgan fingerprint density at radius 3 is 2.00 bits per heavy atom. The third-order valence-electron chi connectivity index (χ3n) is 1.45. The van der Waals surface area contributed by atoms with Gasteiger partial charge in [0.25, 0.3) is 0 Å². The fraction of sp³-hybridized carbons (Fsp3) is 0. The molecule has 1 aromatic rings. The smallest absolute Gasteiger partial charge is 0.336 e. The van der Waals surface area contributed by atoms with Crippen LogP contribution >= 0.6 is 9.90 Å². The van der Waals surface area contributed by atoms with Crippen molar-refractivity contribution >= 4 is 21.8 Å². The molecule has 0 amide bonds. The van der Waals surface area contributed by atoms with Crippen molar-refractivity contribution in [2.75, 3.05) is 0 Å². The van der Waals surface area contributed by atoms with Crippen molar-refractivity contribution in [3.63, 3.8) is 0 Å². The van der Waals surface area contributed by atoms with Gasteiger partial charge in [0.1, 0.15) is 0 Å². The van der Waals surface area contributed by atoms with Gasteiger partial charge >= 0.3 is 11.9 Å². The average molecular weight is 216 g/mol. The number of carboxylic acids is 2. The lowest BCUT2D eigenvalue weighted by molar-refractivity contribution is -0.268. The lowest BCUT2D eigenvalue weighted by atomic mass is 10.1. The molecule has 0 radical (unpaired) electrons. The molecule has 5 nitrogen and oxygen atoms in total. The van der Waals surface area contributed by atoms with E-state index in [2.05, 4.69) is 0 Å². The van der Waals surface area contributed by atoms with Gasteiger partial charge in [0.15, 0.2) is 0 Å². The van der Waals surface area contributed by atoms with E-state index in [0.717, 1.165) is 18.2 Å². The molecule has 0 saturated heterocycles. The summed E-state index contributed by atoms with van der Waals surface area (Å²) in [5, 5.41) is 27.8. The molecule has 0 saturated carbocycles. The quantitative estimate of drug-likeness (QED) is 0.675. The third kappa shape index (κ3) is 2.44. The van der Waals surface area contributed by atoms with E-state index in [9.17, 15) is 14.7 Å². The summed E-state index contributed by atoms with van der Waals surface area (Å²) in [7, 11) is 0. The lowest BCUT2D eigenvalue weighted by Gasteiger charge is -2.07. The zero-order chi connectivity index (χ0) is 10.0. The lowest BCUT2D eigenvalue weighted by Crippen LogP contribution is -2.08. The van der Waals surface area contributed by atoms with Crippen LogP contribution in [-0.2, 0) is 0 Å². The minimum atomic E-state index is -1.42. The van der Waals surface area contributed by atoms with E-state index in [1.165, 1.54) is 0 Å². The zero-order valence-electron chi connectivity index (χ0n) is 7.35. The molecule has 0 aliphatic rings. The van der Waals surface area contributed by atoms with Crippen molar-refractivity contribution in [2.24, 2.45) is 0 Å². The first-order valence-corrected chi connectivity index (χ1v) is 3.30. The minimum Gasteiger partial charge on any atom is -0.872 e. The predicted octanol–water partition coefficient (Wildman–Crippen LogP) is -0.0530. The molecule has 0 bridgehead atoms. The average Bonchev–Trinajstić information content (AvgIpc) is 2.03. The van der Waals surface area contributed by atoms with Crippen LogP contribution in [0.25, 0.3) is 0 Å². The SMILES string of the molecule is O=C(O)c1ccc([O-])cc1C(=O)O.[PH4+]. The van der Waals surface area contributed by atoms with Gasteiger partial charge in [-0.25, -0.2) is 9.59 Å². The van der Waals surface area contributed by atoms with Gasteiger partial charge in [0.05, 0.1) is 11.1 Å². The van der Waals surface area contributed by atoms with Crippen LogP contribution in [0.2, 0.25) is 0 Å². The normalized spacial score (nSPS) is 8.86. The van der Waals surface area contributed by atoms with Crippen LogP contribution in [0.4, 0.5) is 0 Å². The van der Waals surface area contributed by atoms with Crippen LogP contribution in [0.15, 0.2) is 18.2 Å². The summed E-state index contributed by atoms with van der Waals surface area (Å²) in [6.45, 7) is 0. The maximum absolute atomic E-state index is 10.7. The molecule has 6 heteroatoms. The van der Waals surface area contributed by atoms with Crippen molar-refractivity contribution in [1.29, 1.82) is 0 Å². The Kier molecular flexibility index (Phi) is 4.05. The maximum Gasteiger partial charge on any atom is 0.336 e. The Bertz CT molecular complexity index is 374. The summed E-state index contributed by atoms with van der Waals surface area (Å²) in [5.74, 6) is -3.31. The summed E-state index contributed by atoms with van der Waals surface area (Å²) in [6.07, 6.45) is 0. The van der Waals surface area contributed by atoms with E-state index in [0.29, 0.717) is 0 Å².